The molecule has 0 spiro atoms. The highest BCUT2D eigenvalue weighted by molar-refractivity contribution is 7.98. The quantitative estimate of drug-likeness (QED) is 0.152. The van der Waals surface area contributed by atoms with Crippen molar-refractivity contribution >= 4 is 54.7 Å². The van der Waals surface area contributed by atoms with Crippen LogP contribution < -0.4 is 10.6 Å². The molecular formula is C26H37N5O4S2Si. The number of anilines is 2. The summed E-state index contributed by atoms with van der Waals surface area (Å²) in [6, 6.07) is 6.67. The number of imidazole rings is 1. The first-order chi connectivity index (χ1) is 17.8. The summed E-state index contributed by atoms with van der Waals surface area (Å²) in [5.74, 6) is 0.261. The summed E-state index contributed by atoms with van der Waals surface area (Å²) in [6.07, 6.45) is 3.13. The lowest BCUT2D eigenvalue weighted by Gasteiger charge is -2.19. The highest BCUT2D eigenvalue weighted by atomic mass is 32.2. The van der Waals surface area contributed by atoms with Gasteiger partial charge in [0.05, 0.1) is 16.3 Å². The third-order valence-corrected chi connectivity index (χ3v) is 8.47. The lowest BCUT2D eigenvalue weighted by atomic mass is 10.1. The van der Waals surface area contributed by atoms with E-state index >= 15 is 0 Å². The number of carbonyl (C=O) groups is 2. The molecule has 0 unspecified atom stereocenters. The SMILES string of the molecule is CSc1nc(-c2cc(NC(=O)OC(C)(C)C)cs2)c(-c2ccnc(NC(C)=O)c2)n1COCC[Si](C)(C)C. The Morgan fingerprint density at radius 1 is 1.18 bits per heavy atom. The van der Waals surface area contributed by atoms with E-state index in [1.807, 2.05) is 50.6 Å². The van der Waals surface area contributed by atoms with Gasteiger partial charge in [-0.25, -0.2) is 14.8 Å². The Morgan fingerprint density at radius 3 is 2.55 bits per heavy atom. The monoisotopic (exact) mass is 575 g/mol. The summed E-state index contributed by atoms with van der Waals surface area (Å²) in [5, 5.41) is 8.22. The Morgan fingerprint density at radius 2 is 1.92 bits per heavy atom. The van der Waals surface area contributed by atoms with Crippen molar-refractivity contribution in [3.8, 4) is 21.8 Å². The first kappa shape index (κ1) is 29.9. The summed E-state index contributed by atoms with van der Waals surface area (Å²) >= 11 is 3.01. The third kappa shape index (κ3) is 8.68. The maximum atomic E-state index is 12.3. The van der Waals surface area contributed by atoms with Gasteiger partial charge >= 0.3 is 6.09 Å². The zero-order valence-electron chi connectivity index (χ0n) is 23.3. The number of pyridine rings is 1. The lowest BCUT2D eigenvalue weighted by Crippen LogP contribution is -2.27. The average Bonchev–Trinajstić information content (AvgIpc) is 3.38. The lowest BCUT2D eigenvalue weighted by molar-refractivity contribution is -0.114. The van der Waals surface area contributed by atoms with Gasteiger partial charge in [-0.3, -0.25) is 14.7 Å². The second-order valence-electron chi connectivity index (χ2n) is 11.0. The molecule has 12 heteroatoms. The molecule has 2 amide bonds. The molecule has 3 rings (SSSR count). The van der Waals surface area contributed by atoms with Crippen molar-refractivity contribution in [2.45, 2.75) is 70.9 Å². The van der Waals surface area contributed by atoms with E-state index in [2.05, 4.69) is 39.8 Å². The molecular weight excluding hydrogens is 539 g/mol. The summed E-state index contributed by atoms with van der Waals surface area (Å²) in [4.78, 5) is 34.1. The molecule has 0 radical (unpaired) electrons. The van der Waals surface area contributed by atoms with Crippen LogP contribution in [-0.2, 0) is 21.0 Å². The molecule has 0 saturated carbocycles. The van der Waals surface area contributed by atoms with Crippen molar-refractivity contribution in [2.24, 2.45) is 0 Å². The minimum atomic E-state index is -1.24. The van der Waals surface area contributed by atoms with Crippen LogP contribution in [0.15, 0.2) is 34.9 Å². The minimum Gasteiger partial charge on any atom is -0.444 e. The van der Waals surface area contributed by atoms with Gasteiger partial charge in [-0.1, -0.05) is 31.4 Å². The Hall–Kier alpha value is -2.67. The fourth-order valence-corrected chi connectivity index (χ4v) is 5.61. The van der Waals surface area contributed by atoms with E-state index in [0.717, 1.165) is 33.0 Å². The summed E-state index contributed by atoms with van der Waals surface area (Å²) in [5.41, 5.74) is 2.48. The van der Waals surface area contributed by atoms with Gasteiger partial charge in [0.15, 0.2) is 5.16 Å². The number of nitrogens with one attached hydrogen (secondary N) is 2. The molecule has 9 nitrogen and oxygen atoms in total. The van der Waals surface area contributed by atoms with Crippen molar-refractivity contribution in [3.05, 3.63) is 29.8 Å². The van der Waals surface area contributed by atoms with E-state index in [0.29, 0.717) is 24.8 Å². The van der Waals surface area contributed by atoms with Crippen LogP contribution in [0.1, 0.15) is 27.7 Å². The second-order valence-corrected chi connectivity index (χ2v) is 18.3. The molecule has 206 valence electrons. The van der Waals surface area contributed by atoms with Gasteiger partial charge in [-0.15, -0.1) is 11.3 Å². The maximum absolute atomic E-state index is 12.3. The van der Waals surface area contributed by atoms with Gasteiger partial charge in [0.25, 0.3) is 0 Å². The molecule has 3 aromatic rings. The molecule has 0 saturated heterocycles. The van der Waals surface area contributed by atoms with Crippen molar-refractivity contribution in [1.82, 2.24) is 14.5 Å². The number of rotatable bonds is 10. The highest BCUT2D eigenvalue weighted by Crippen LogP contribution is 2.39. The van der Waals surface area contributed by atoms with E-state index < -0.39 is 19.8 Å². The van der Waals surface area contributed by atoms with Crippen molar-refractivity contribution in [2.75, 3.05) is 23.5 Å². The Labute approximate surface area is 233 Å². The summed E-state index contributed by atoms with van der Waals surface area (Å²) in [6.45, 7) is 14.9. The highest BCUT2D eigenvalue weighted by Gasteiger charge is 2.23. The van der Waals surface area contributed by atoms with E-state index in [1.54, 1.807) is 6.20 Å². The standard InChI is InChI=1S/C26H37N5O4S2Si/c1-17(32)28-21-13-18(9-10-27-21)23-22(20-14-19(15-37-20)29-25(33)35-26(2,3)4)30-24(36-5)31(23)16-34-11-12-38(6,7)8/h9-10,13-15H,11-12,16H2,1-8H3,(H,29,33)(H,27,28,32). The number of carbonyl (C=O) groups excluding carboxylic acids is 2. The molecule has 3 aromatic heterocycles. The fourth-order valence-electron chi connectivity index (χ4n) is 3.48. The van der Waals surface area contributed by atoms with Crippen molar-refractivity contribution in [3.63, 3.8) is 0 Å². The normalized spacial score (nSPS) is 11.9. The van der Waals surface area contributed by atoms with Crippen molar-refractivity contribution < 1.29 is 19.1 Å². The van der Waals surface area contributed by atoms with Crippen LogP contribution in [0.4, 0.5) is 16.3 Å². The van der Waals surface area contributed by atoms with Gasteiger partial charge in [0, 0.05) is 38.7 Å². The molecule has 0 aliphatic heterocycles. The zero-order valence-corrected chi connectivity index (χ0v) is 25.9. The molecule has 0 fully saturated rings. The zero-order chi connectivity index (χ0) is 28.1. The average molecular weight is 576 g/mol. The molecule has 2 N–H and O–H groups in total. The van der Waals surface area contributed by atoms with Crippen LogP contribution in [0.3, 0.4) is 0 Å². The predicted octanol–water partition coefficient (Wildman–Crippen LogP) is 7.01. The number of thioether (sulfide) groups is 1. The van der Waals surface area contributed by atoms with Gasteiger partial charge in [0.2, 0.25) is 5.91 Å². The smallest absolute Gasteiger partial charge is 0.412 e. The molecule has 0 aliphatic carbocycles. The fraction of sp³-hybridized carbons (Fsp3) is 0.462. The van der Waals surface area contributed by atoms with Gasteiger partial charge < -0.3 is 14.8 Å². The first-order valence-corrected chi connectivity index (χ1v) is 18.1. The van der Waals surface area contributed by atoms with Crippen LogP contribution in [0, 0.1) is 0 Å². The van der Waals surface area contributed by atoms with E-state index in [9.17, 15) is 9.59 Å². The van der Waals surface area contributed by atoms with E-state index in [-0.39, 0.29) is 5.91 Å². The molecule has 0 bridgehead atoms. The molecule has 3 heterocycles. The predicted molar refractivity (Wildman–Crippen MR) is 159 cm³/mol. The van der Waals surface area contributed by atoms with E-state index in [4.69, 9.17) is 14.5 Å². The minimum absolute atomic E-state index is 0.195. The molecule has 0 aliphatic rings. The summed E-state index contributed by atoms with van der Waals surface area (Å²) in [7, 11) is -1.24. The number of amides is 2. The van der Waals surface area contributed by atoms with Gasteiger partial charge in [0.1, 0.15) is 23.8 Å². The number of thiophene rings is 1. The largest absolute Gasteiger partial charge is 0.444 e. The van der Waals surface area contributed by atoms with Crippen LogP contribution in [0.2, 0.25) is 25.7 Å². The van der Waals surface area contributed by atoms with Crippen LogP contribution in [0.5, 0.6) is 0 Å². The van der Waals surface area contributed by atoms with Crippen LogP contribution in [-0.4, -0.2) is 53.1 Å². The van der Waals surface area contributed by atoms with Crippen LogP contribution >= 0.6 is 23.1 Å². The van der Waals surface area contributed by atoms with Crippen LogP contribution in [0.25, 0.3) is 21.8 Å². The maximum Gasteiger partial charge on any atom is 0.412 e. The number of hydrogen-bond donors (Lipinski definition) is 2. The first-order valence-electron chi connectivity index (χ1n) is 12.3. The van der Waals surface area contributed by atoms with Gasteiger partial charge in [-0.2, -0.15) is 0 Å². The number of aromatic nitrogens is 3. The molecule has 0 aromatic carbocycles. The Bertz CT molecular complexity index is 1280. The Balaban J connectivity index is 2.01. The second kappa shape index (κ2) is 12.5. The number of ether oxygens (including phenoxy) is 2. The van der Waals surface area contributed by atoms with Gasteiger partial charge in [-0.05, 0) is 51.3 Å². The topological polar surface area (TPSA) is 107 Å². The molecule has 38 heavy (non-hydrogen) atoms. The molecule has 0 atom stereocenters. The third-order valence-electron chi connectivity index (χ3n) is 5.15. The Kier molecular flexibility index (Phi) is 9.79. The van der Waals surface area contributed by atoms with E-state index in [1.165, 1.54) is 30.0 Å². The van der Waals surface area contributed by atoms with Crippen molar-refractivity contribution in [1.29, 1.82) is 0 Å². The summed E-state index contributed by atoms with van der Waals surface area (Å²) < 4.78 is 13.6. The number of nitrogens with zero attached hydrogens (tertiary/aromatic N) is 3. The number of hydrogen-bond acceptors (Lipinski definition) is 8.